The van der Waals surface area contributed by atoms with E-state index in [-0.39, 0.29) is 6.04 Å². The van der Waals surface area contributed by atoms with Crippen LogP contribution in [0.2, 0.25) is 0 Å². The first-order chi connectivity index (χ1) is 7.44. The van der Waals surface area contributed by atoms with Crippen LogP contribution in [0.15, 0.2) is 0 Å². The Hall–Kier alpha value is -0.290. The second-order valence-electron chi connectivity index (χ2n) is 4.56. The van der Waals surface area contributed by atoms with Crippen molar-refractivity contribution in [1.29, 1.82) is 0 Å². The highest BCUT2D eigenvalue weighted by Crippen LogP contribution is 2.28. The van der Waals surface area contributed by atoms with E-state index in [1.54, 1.807) is 0 Å². The van der Waals surface area contributed by atoms with E-state index in [9.17, 15) is 13.2 Å². The summed E-state index contributed by atoms with van der Waals surface area (Å²) in [5.41, 5.74) is 0. The van der Waals surface area contributed by atoms with E-state index in [4.69, 9.17) is 0 Å². The predicted molar refractivity (Wildman–Crippen MR) is 58.4 cm³/mol. The van der Waals surface area contributed by atoms with Gasteiger partial charge in [0.25, 0.3) is 0 Å². The van der Waals surface area contributed by atoms with Crippen LogP contribution < -0.4 is 5.32 Å². The highest BCUT2D eigenvalue weighted by Gasteiger charge is 2.32. The van der Waals surface area contributed by atoms with Crippen molar-refractivity contribution in [2.24, 2.45) is 0 Å². The van der Waals surface area contributed by atoms with E-state index in [0.29, 0.717) is 12.6 Å². The molecule has 96 valence electrons. The van der Waals surface area contributed by atoms with Gasteiger partial charge in [-0.2, -0.15) is 13.2 Å². The van der Waals surface area contributed by atoms with Gasteiger partial charge in [0.1, 0.15) is 0 Å². The first kappa shape index (κ1) is 13.8. The molecule has 1 fully saturated rings. The van der Waals surface area contributed by atoms with Crippen molar-refractivity contribution in [3.8, 4) is 0 Å². The largest absolute Gasteiger partial charge is 0.401 e. The van der Waals surface area contributed by atoms with Crippen molar-refractivity contribution in [3.05, 3.63) is 0 Å². The SMILES string of the molecule is CCCN(C(C)CNCC(F)(F)F)C1CC1. The van der Waals surface area contributed by atoms with Crippen LogP contribution in [0.3, 0.4) is 0 Å². The number of hydrogen-bond donors (Lipinski definition) is 1. The van der Waals surface area contributed by atoms with Gasteiger partial charge in [-0.1, -0.05) is 6.92 Å². The standard InChI is InChI=1S/C11H21F3N2/c1-3-6-16(10-4-5-10)9(2)7-15-8-11(12,13)14/h9-10,15H,3-8H2,1-2H3. The summed E-state index contributed by atoms with van der Waals surface area (Å²) in [6.07, 6.45) is -0.651. The minimum atomic E-state index is -4.10. The van der Waals surface area contributed by atoms with E-state index >= 15 is 0 Å². The molecule has 0 heterocycles. The molecule has 0 radical (unpaired) electrons. The highest BCUT2D eigenvalue weighted by molar-refractivity contribution is 4.87. The average molecular weight is 238 g/mol. The molecular formula is C11H21F3N2. The first-order valence-electron chi connectivity index (χ1n) is 5.97. The Labute approximate surface area is 95.2 Å². The Morgan fingerprint density at radius 3 is 2.44 bits per heavy atom. The fourth-order valence-electron chi connectivity index (χ4n) is 1.97. The van der Waals surface area contributed by atoms with Gasteiger partial charge in [0.15, 0.2) is 0 Å². The summed E-state index contributed by atoms with van der Waals surface area (Å²) >= 11 is 0. The second kappa shape index (κ2) is 5.87. The molecule has 1 rings (SSSR count). The Kier molecular flexibility index (Phi) is 5.05. The molecule has 1 unspecified atom stereocenters. The van der Waals surface area contributed by atoms with E-state index < -0.39 is 12.7 Å². The molecule has 0 bridgehead atoms. The molecular weight excluding hydrogens is 217 g/mol. The number of rotatable bonds is 7. The van der Waals surface area contributed by atoms with Gasteiger partial charge < -0.3 is 5.32 Å². The fraction of sp³-hybridized carbons (Fsp3) is 1.00. The zero-order valence-electron chi connectivity index (χ0n) is 9.98. The number of nitrogens with one attached hydrogen (secondary N) is 1. The molecule has 0 aromatic heterocycles. The van der Waals surface area contributed by atoms with E-state index in [1.807, 2.05) is 6.92 Å². The molecule has 0 spiro atoms. The maximum Gasteiger partial charge on any atom is 0.401 e. The molecule has 0 aromatic rings. The van der Waals surface area contributed by atoms with Crippen LogP contribution >= 0.6 is 0 Å². The monoisotopic (exact) mass is 238 g/mol. The predicted octanol–water partition coefficient (Wildman–Crippen LogP) is 2.40. The number of hydrogen-bond acceptors (Lipinski definition) is 2. The van der Waals surface area contributed by atoms with Crippen LogP contribution in [0, 0.1) is 0 Å². The third-order valence-electron chi connectivity index (χ3n) is 2.83. The lowest BCUT2D eigenvalue weighted by molar-refractivity contribution is -0.125. The number of alkyl halides is 3. The summed E-state index contributed by atoms with van der Waals surface area (Å²) in [5.74, 6) is 0. The quantitative estimate of drug-likeness (QED) is 0.732. The van der Waals surface area contributed by atoms with Crippen LogP contribution in [-0.4, -0.2) is 42.8 Å². The lowest BCUT2D eigenvalue weighted by Gasteiger charge is -2.29. The van der Waals surface area contributed by atoms with Crippen molar-refractivity contribution in [2.45, 2.75) is 51.4 Å². The first-order valence-corrected chi connectivity index (χ1v) is 5.97. The molecule has 1 saturated carbocycles. The van der Waals surface area contributed by atoms with Crippen LogP contribution in [0.4, 0.5) is 13.2 Å². The summed E-state index contributed by atoms with van der Waals surface area (Å²) in [4.78, 5) is 2.32. The van der Waals surface area contributed by atoms with Crippen molar-refractivity contribution < 1.29 is 13.2 Å². The molecule has 1 N–H and O–H groups in total. The molecule has 0 aromatic carbocycles. The van der Waals surface area contributed by atoms with Gasteiger partial charge >= 0.3 is 6.18 Å². The van der Waals surface area contributed by atoms with Crippen LogP contribution in [0.25, 0.3) is 0 Å². The maximum absolute atomic E-state index is 12.0. The van der Waals surface area contributed by atoms with E-state index in [1.165, 1.54) is 12.8 Å². The molecule has 1 aliphatic carbocycles. The molecule has 0 saturated heterocycles. The van der Waals surface area contributed by atoms with Gasteiger partial charge in [0.05, 0.1) is 6.54 Å². The topological polar surface area (TPSA) is 15.3 Å². The number of halogens is 3. The minimum Gasteiger partial charge on any atom is -0.307 e. The van der Waals surface area contributed by atoms with Gasteiger partial charge in [-0.15, -0.1) is 0 Å². The summed E-state index contributed by atoms with van der Waals surface area (Å²) in [7, 11) is 0. The van der Waals surface area contributed by atoms with Gasteiger partial charge in [-0.25, -0.2) is 0 Å². The Bertz CT molecular complexity index is 202. The van der Waals surface area contributed by atoms with Crippen molar-refractivity contribution in [1.82, 2.24) is 10.2 Å². The minimum absolute atomic E-state index is 0.190. The zero-order chi connectivity index (χ0) is 12.2. The van der Waals surface area contributed by atoms with Gasteiger partial charge in [-0.3, -0.25) is 4.90 Å². The van der Waals surface area contributed by atoms with Crippen LogP contribution in [0.1, 0.15) is 33.1 Å². The van der Waals surface area contributed by atoms with Crippen molar-refractivity contribution in [3.63, 3.8) is 0 Å². The second-order valence-corrected chi connectivity index (χ2v) is 4.56. The maximum atomic E-state index is 12.0. The summed E-state index contributed by atoms with van der Waals surface area (Å²) in [6.45, 7) is 4.61. The summed E-state index contributed by atoms with van der Waals surface area (Å²) in [6, 6.07) is 0.803. The lowest BCUT2D eigenvalue weighted by Crippen LogP contribution is -2.44. The highest BCUT2D eigenvalue weighted by atomic mass is 19.4. The molecule has 5 heteroatoms. The Morgan fingerprint density at radius 1 is 1.38 bits per heavy atom. The normalized spacial score (nSPS) is 19.1. The molecule has 0 aliphatic heterocycles. The molecule has 0 amide bonds. The smallest absolute Gasteiger partial charge is 0.307 e. The fourth-order valence-corrected chi connectivity index (χ4v) is 1.97. The third-order valence-corrected chi connectivity index (χ3v) is 2.83. The molecule has 1 aliphatic rings. The van der Waals surface area contributed by atoms with Crippen LogP contribution in [-0.2, 0) is 0 Å². The van der Waals surface area contributed by atoms with E-state index in [0.717, 1.165) is 13.0 Å². The van der Waals surface area contributed by atoms with Gasteiger partial charge in [0, 0.05) is 18.6 Å². The molecule has 2 nitrogen and oxygen atoms in total. The molecule has 1 atom stereocenters. The summed E-state index contributed by atoms with van der Waals surface area (Å²) in [5, 5.41) is 2.48. The lowest BCUT2D eigenvalue weighted by atomic mass is 10.2. The average Bonchev–Trinajstić information content (AvgIpc) is 2.95. The summed E-state index contributed by atoms with van der Waals surface area (Å²) < 4.78 is 35.9. The van der Waals surface area contributed by atoms with Crippen LogP contribution in [0.5, 0.6) is 0 Å². The third kappa shape index (κ3) is 5.16. The number of nitrogens with zero attached hydrogens (tertiary/aromatic N) is 1. The van der Waals surface area contributed by atoms with Gasteiger partial charge in [0.2, 0.25) is 0 Å². The van der Waals surface area contributed by atoms with Gasteiger partial charge in [-0.05, 0) is 32.7 Å². The zero-order valence-corrected chi connectivity index (χ0v) is 9.98. The van der Waals surface area contributed by atoms with Crippen molar-refractivity contribution in [2.75, 3.05) is 19.6 Å². The van der Waals surface area contributed by atoms with E-state index in [2.05, 4.69) is 17.1 Å². The van der Waals surface area contributed by atoms with Crippen molar-refractivity contribution >= 4 is 0 Å². The Morgan fingerprint density at radius 2 is 2.00 bits per heavy atom. The molecule has 16 heavy (non-hydrogen) atoms. The Balaban J connectivity index is 2.23.